The van der Waals surface area contributed by atoms with Crippen LogP contribution >= 0.6 is 0 Å². The minimum atomic E-state index is 0.371. The first-order chi connectivity index (χ1) is 22.7. The van der Waals surface area contributed by atoms with E-state index in [-0.39, 0.29) is 0 Å². The van der Waals surface area contributed by atoms with E-state index >= 15 is 0 Å². The van der Waals surface area contributed by atoms with Gasteiger partial charge in [0.05, 0.1) is 36.3 Å². The third-order valence-corrected chi connectivity index (χ3v) is 8.54. The Bertz CT molecular complexity index is 2560. The molecule has 6 nitrogen and oxygen atoms in total. The van der Waals surface area contributed by atoms with Crippen molar-refractivity contribution in [1.82, 2.24) is 4.57 Å². The van der Waals surface area contributed by atoms with Crippen LogP contribution in [0.5, 0.6) is 0 Å². The largest absolute Gasteiger partial charge is 0.456 e. The number of nitriles is 2. The molecule has 0 aliphatic carbocycles. The zero-order chi connectivity index (χ0) is 31.4. The van der Waals surface area contributed by atoms with Crippen molar-refractivity contribution in [1.29, 1.82) is 10.5 Å². The van der Waals surface area contributed by atoms with Crippen molar-refractivity contribution in [2.24, 2.45) is 0 Å². The maximum atomic E-state index is 10.2. The van der Waals surface area contributed by atoms with Gasteiger partial charge in [0.2, 0.25) is 0 Å². The Morgan fingerprint density at radius 3 is 1.67 bits per heavy atom. The van der Waals surface area contributed by atoms with Gasteiger partial charge in [0.15, 0.2) is 11.4 Å². The van der Waals surface area contributed by atoms with E-state index in [0.717, 1.165) is 60.6 Å². The van der Waals surface area contributed by atoms with Crippen LogP contribution in [0.1, 0.15) is 11.1 Å². The van der Waals surface area contributed by atoms with Gasteiger partial charge in [-0.05, 0) is 59.7 Å². The molecule has 0 aliphatic rings. The highest BCUT2D eigenvalue weighted by atomic mass is 16.3. The predicted molar refractivity (Wildman–Crippen MR) is 181 cm³/mol. The fourth-order valence-electron chi connectivity index (χ4n) is 6.68. The summed E-state index contributed by atoms with van der Waals surface area (Å²) in [5, 5.41) is 24.0. The Labute approximate surface area is 263 Å². The van der Waals surface area contributed by atoms with Crippen LogP contribution in [0.15, 0.2) is 120 Å². The van der Waals surface area contributed by atoms with Crippen molar-refractivity contribution in [3.63, 3.8) is 0 Å². The quantitative estimate of drug-likeness (QED) is 0.194. The lowest BCUT2D eigenvalue weighted by Gasteiger charge is -2.12. The predicted octanol–water partition coefficient (Wildman–Crippen LogP) is 10.9. The number of fused-ring (bicyclic) bond motifs is 6. The Morgan fingerprint density at radius 1 is 0.565 bits per heavy atom. The summed E-state index contributed by atoms with van der Waals surface area (Å²) in [6.07, 6.45) is 0. The molecule has 2 aromatic heterocycles. The molecule has 0 bridgehead atoms. The van der Waals surface area contributed by atoms with E-state index < -0.39 is 0 Å². The lowest BCUT2D eigenvalue weighted by molar-refractivity contribution is 0.669. The topological polar surface area (TPSA) is 74.4 Å². The molecule has 6 heteroatoms. The fraction of sp³-hybridized carbons (Fsp3) is 0. The van der Waals surface area contributed by atoms with Gasteiger partial charge in [-0.3, -0.25) is 0 Å². The van der Waals surface area contributed by atoms with Crippen molar-refractivity contribution < 1.29 is 4.42 Å². The van der Waals surface area contributed by atoms with Gasteiger partial charge >= 0.3 is 0 Å². The zero-order valence-electron chi connectivity index (χ0n) is 24.1. The Kier molecular flexibility index (Phi) is 5.91. The normalized spacial score (nSPS) is 11.0. The maximum Gasteiger partial charge on any atom is 0.196 e. The van der Waals surface area contributed by atoms with Crippen molar-refractivity contribution in [3.8, 4) is 40.1 Å². The first kappa shape index (κ1) is 26.5. The summed E-state index contributed by atoms with van der Waals surface area (Å²) in [5.74, 6) is 0. The van der Waals surface area contributed by atoms with E-state index in [1.807, 2.05) is 72.8 Å². The fourth-order valence-corrected chi connectivity index (χ4v) is 6.68. The molecule has 0 unspecified atom stereocenters. The monoisotopic (exact) mass is 585 g/mol. The van der Waals surface area contributed by atoms with E-state index in [1.54, 1.807) is 36.4 Å². The first-order valence-electron chi connectivity index (χ1n) is 14.5. The molecule has 8 rings (SSSR count). The smallest absolute Gasteiger partial charge is 0.196 e. The molecule has 0 saturated carbocycles. The van der Waals surface area contributed by atoms with Gasteiger partial charge < -0.3 is 8.98 Å². The molecule has 210 valence electrons. The number of rotatable bonds is 3. The lowest BCUT2D eigenvalue weighted by Crippen LogP contribution is -1.94. The van der Waals surface area contributed by atoms with Gasteiger partial charge in [0.25, 0.3) is 0 Å². The standard InChI is InChI=1S/C40H19N5O/c1-43-31-14-5-9-24(22-41)37(31)28-12-7-16-33-39(28)40-29(38-25(23-42)10-6-15-32(38)44-2)13-8-17-34(40)45(33)26-19-20-36-30(21-26)27-11-3-4-18-35(27)46-36/h3-21H. The van der Waals surface area contributed by atoms with E-state index in [1.165, 1.54) is 0 Å². The number of hydrogen-bond acceptors (Lipinski definition) is 3. The summed E-state index contributed by atoms with van der Waals surface area (Å²) < 4.78 is 8.29. The van der Waals surface area contributed by atoms with E-state index in [0.29, 0.717) is 33.6 Å². The molecule has 6 aromatic carbocycles. The zero-order valence-corrected chi connectivity index (χ0v) is 24.1. The van der Waals surface area contributed by atoms with Crippen LogP contribution in [0.2, 0.25) is 0 Å². The highest BCUT2D eigenvalue weighted by Gasteiger charge is 2.24. The summed E-state index contributed by atoms with van der Waals surface area (Å²) >= 11 is 0. The Hall–Kier alpha value is -7.12. The first-order valence-corrected chi connectivity index (χ1v) is 14.5. The van der Waals surface area contributed by atoms with Crippen LogP contribution in [-0.4, -0.2) is 4.57 Å². The van der Waals surface area contributed by atoms with Crippen LogP contribution in [0.3, 0.4) is 0 Å². The van der Waals surface area contributed by atoms with Gasteiger partial charge in [0, 0.05) is 49.5 Å². The summed E-state index contributed by atoms with van der Waals surface area (Å²) in [7, 11) is 0. The number of benzene rings is 6. The molecule has 0 atom stereocenters. The van der Waals surface area contributed by atoms with Crippen LogP contribution < -0.4 is 0 Å². The van der Waals surface area contributed by atoms with E-state index in [4.69, 9.17) is 17.6 Å². The third-order valence-electron chi connectivity index (χ3n) is 8.54. The average Bonchev–Trinajstić information content (AvgIpc) is 3.66. The Morgan fingerprint density at radius 2 is 1.11 bits per heavy atom. The summed E-state index contributed by atoms with van der Waals surface area (Å²) in [4.78, 5) is 7.60. The molecule has 0 aliphatic heterocycles. The second-order valence-corrected chi connectivity index (χ2v) is 10.9. The van der Waals surface area contributed by atoms with Gasteiger partial charge in [-0.25, -0.2) is 9.69 Å². The SMILES string of the molecule is [C-]#[N+]c1cccc(C#N)c1-c1cccc2c1c1c(-c3c(C#N)cccc3[N+]#[C-])cccc1n2-c1ccc2oc3ccccc3c2c1. The minimum absolute atomic E-state index is 0.371. The molecule has 2 heterocycles. The second kappa shape index (κ2) is 10.3. The molecule has 0 saturated heterocycles. The summed E-state index contributed by atoms with van der Waals surface area (Å²) in [6, 6.07) is 40.8. The highest BCUT2D eigenvalue weighted by molar-refractivity contribution is 6.22. The summed E-state index contributed by atoms with van der Waals surface area (Å²) in [5.41, 5.74) is 8.28. The van der Waals surface area contributed by atoms with Crippen molar-refractivity contribution in [2.75, 3.05) is 0 Å². The van der Waals surface area contributed by atoms with Gasteiger partial charge in [-0.1, -0.05) is 66.7 Å². The number of furan rings is 1. The molecule has 0 amide bonds. The summed E-state index contributed by atoms with van der Waals surface area (Å²) in [6.45, 7) is 15.9. The molecule has 0 spiro atoms. The average molecular weight is 586 g/mol. The number of aromatic nitrogens is 1. The van der Waals surface area contributed by atoms with Gasteiger partial charge in [0.1, 0.15) is 11.2 Å². The maximum absolute atomic E-state index is 10.2. The molecular weight excluding hydrogens is 566 g/mol. The molecule has 0 fully saturated rings. The van der Waals surface area contributed by atoms with E-state index in [2.05, 4.69) is 32.5 Å². The molecule has 46 heavy (non-hydrogen) atoms. The van der Waals surface area contributed by atoms with Crippen LogP contribution in [0.4, 0.5) is 11.4 Å². The Balaban J connectivity index is 1.59. The minimum Gasteiger partial charge on any atom is -0.456 e. The third kappa shape index (κ3) is 3.73. The van der Waals surface area contributed by atoms with Crippen molar-refractivity contribution >= 4 is 55.1 Å². The van der Waals surface area contributed by atoms with Crippen LogP contribution in [0, 0.1) is 35.8 Å². The second-order valence-electron chi connectivity index (χ2n) is 10.9. The molecule has 0 radical (unpaired) electrons. The molecule has 0 N–H and O–H groups in total. The number of hydrogen-bond donors (Lipinski definition) is 0. The van der Waals surface area contributed by atoms with Gasteiger partial charge in [-0.15, -0.1) is 0 Å². The molecular formula is C40H19N5O. The highest BCUT2D eigenvalue weighted by Crippen LogP contribution is 2.48. The lowest BCUT2D eigenvalue weighted by atomic mass is 9.90. The van der Waals surface area contributed by atoms with Crippen LogP contribution in [0.25, 0.3) is 81.4 Å². The molecule has 8 aromatic rings. The van der Waals surface area contributed by atoms with Crippen molar-refractivity contribution in [3.05, 3.63) is 149 Å². The van der Waals surface area contributed by atoms with E-state index in [9.17, 15) is 10.5 Å². The van der Waals surface area contributed by atoms with Crippen molar-refractivity contribution in [2.45, 2.75) is 0 Å². The number of nitrogens with zero attached hydrogens (tertiary/aromatic N) is 5. The van der Waals surface area contributed by atoms with Crippen LogP contribution in [-0.2, 0) is 0 Å². The van der Waals surface area contributed by atoms with Gasteiger partial charge in [-0.2, -0.15) is 10.5 Å². The number of para-hydroxylation sites is 1.